The Morgan fingerprint density at radius 3 is 2.62 bits per heavy atom. The van der Waals surface area contributed by atoms with Crippen LogP contribution in [0.4, 0.5) is 17.2 Å². The molecule has 0 spiro atoms. The van der Waals surface area contributed by atoms with E-state index in [0.717, 1.165) is 59.6 Å². The van der Waals surface area contributed by atoms with E-state index in [1.807, 2.05) is 24.4 Å². The SMILES string of the molecule is c1ccc2c(c1)nc(Nc1ccc(N3CCOCC3)cc1)c1[nH]ncc12. The summed E-state index contributed by atoms with van der Waals surface area (Å²) < 4.78 is 5.42. The van der Waals surface area contributed by atoms with Gasteiger partial charge in [-0.15, -0.1) is 0 Å². The van der Waals surface area contributed by atoms with Gasteiger partial charge in [0.25, 0.3) is 0 Å². The van der Waals surface area contributed by atoms with Crippen LogP contribution in [0.25, 0.3) is 21.8 Å². The minimum atomic E-state index is 0.787. The fourth-order valence-electron chi connectivity index (χ4n) is 3.45. The molecule has 1 aliphatic heterocycles. The molecule has 2 aromatic heterocycles. The predicted molar refractivity (Wildman–Crippen MR) is 104 cm³/mol. The van der Waals surface area contributed by atoms with Crippen LogP contribution in [-0.4, -0.2) is 41.5 Å². The van der Waals surface area contributed by atoms with Crippen molar-refractivity contribution in [2.75, 3.05) is 36.5 Å². The maximum Gasteiger partial charge on any atom is 0.157 e. The molecule has 0 amide bonds. The molecule has 0 atom stereocenters. The van der Waals surface area contributed by atoms with E-state index in [2.05, 4.69) is 50.7 Å². The third-order valence-electron chi connectivity index (χ3n) is 4.81. The lowest BCUT2D eigenvalue weighted by atomic mass is 10.1. The number of nitrogens with one attached hydrogen (secondary N) is 2. The van der Waals surface area contributed by atoms with Gasteiger partial charge in [-0.3, -0.25) is 5.10 Å². The number of hydrogen-bond donors (Lipinski definition) is 2. The molecule has 1 aliphatic rings. The molecule has 3 heterocycles. The second-order valence-corrected chi connectivity index (χ2v) is 6.41. The van der Waals surface area contributed by atoms with E-state index in [9.17, 15) is 0 Å². The lowest BCUT2D eigenvalue weighted by Gasteiger charge is -2.28. The molecule has 0 unspecified atom stereocenters. The molecule has 0 radical (unpaired) electrons. The number of para-hydroxylation sites is 1. The van der Waals surface area contributed by atoms with Gasteiger partial charge in [-0.05, 0) is 30.3 Å². The lowest BCUT2D eigenvalue weighted by molar-refractivity contribution is 0.122. The van der Waals surface area contributed by atoms with Crippen molar-refractivity contribution >= 4 is 39.0 Å². The number of pyridine rings is 1. The monoisotopic (exact) mass is 345 g/mol. The van der Waals surface area contributed by atoms with Crippen molar-refractivity contribution in [3.8, 4) is 0 Å². The Morgan fingerprint density at radius 2 is 1.77 bits per heavy atom. The Balaban J connectivity index is 1.47. The normalized spacial score (nSPS) is 14.8. The Kier molecular flexibility index (Phi) is 3.68. The van der Waals surface area contributed by atoms with Gasteiger partial charge in [0.15, 0.2) is 5.82 Å². The molecule has 1 fully saturated rings. The highest BCUT2D eigenvalue weighted by Gasteiger charge is 2.12. The summed E-state index contributed by atoms with van der Waals surface area (Å²) in [5.41, 5.74) is 4.09. The summed E-state index contributed by atoms with van der Waals surface area (Å²) in [5.74, 6) is 0.787. The first-order chi connectivity index (χ1) is 12.9. The zero-order valence-electron chi connectivity index (χ0n) is 14.3. The van der Waals surface area contributed by atoms with Gasteiger partial charge in [-0.2, -0.15) is 5.10 Å². The van der Waals surface area contributed by atoms with Crippen LogP contribution in [0, 0.1) is 0 Å². The third kappa shape index (κ3) is 2.64. The van der Waals surface area contributed by atoms with E-state index >= 15 is 0 Å². The molecule has 2 aromatic carbocycles. The van der Waals surface area contributed by atoms with Crippen LogP contribution in [0.2, 0.25) is 0 Å². The van der Waals surface area contributed by atoms with Crippen molar-refractivity contribution in [1.82, 2.24) is 15.2 Å². The second-order valence-electron chi connectivity index (χ2n) is 6.41. The second kappa shape index (κ2) is 6.31. The summed E-state index contributed by atoms with van der Waals surface area (Å²) >= 11 is 0. The van der Waals surface area contributed by atoms with Crippen molar-refractivity contribution in [3.63, 3.8) is 0 Å². The van der Waals surface area contributed by atoms with Gasteiger partial charge in [-0.1, -0.05) is 18.2 Å². The summed E-state index contributed by atoms with van der Waals surface area (Å²) in [7, 11) is 0. The Labute approximate surface area is 150 Å². The number of fused-ring (bicyclic) bond motifs is 3. The minimum absolute atomic E-state index is 0.787. The number of aromatic nitrogens is 3. The van der Waals surface area contributed by atoms with E-state index in [-0.39, 0.29) is 0 Å². The molecule has 0 bridgehead atoms. The standard InChI is InChI=1S/C20H19N5O/c1-2-4-18-16(3-1)17-13-21-24-19(17)20(23-18)22-14-5-7-15(8-6-14)25-9-11-26-12-10-25/h1-8,13H,9-12H2,(H,21,24)(H,22,23). The van der Waals surface area contributed by atoms with E-state index in [0.29, 0.717) is 0 Å². The Morgan fingerprint density at radius 1 is 0.962 bits per heavy atom. The highest BCUT2D eigenvalue weighted by atomic mass is 16.5. The number of anilines is 3. The highest BCUT2D eigenvalue weighted by molar-refractivity contribution is 6.08. The van der Waals surface area contributed by atoms with E-state index in [4.69, 9.17) is 9.72 Å². The largest absolute Gasteiger partial charge is 0.378 e. The maximum absolute atomic E-state index is 5.42. The molecule has 0 aliphatic carbocycles. The van der Waals surface area contributed by atoms with Crippen LogP contribution < -0.4 is 10.2 Å². The number of aromatic amines is 1. The van der Waals surface area contributed by atoms with Gasteiger partial charge in [-0.25, -0.2) is 4.98 Å². The highest BCUT2D eigenvalue weighted by Crippen LogP contribution is 2.30. The molecule has 6 heteroatoms. The molecule has 0 saturated carbocycles. The number of morpholine rings is 1. The fraction of sp³-hybridized carbons (Fsp3) is 0.200. The number of H-pyrrole nitrogens is 1. The molecule has 2 N–H and O–H groups in total. The van der Waals surface area contributed by atoms with Crippen LogP contribution in [-0.2, 0) is 4.74 Å². The lowest BCUT2D eigenvalue weighted by Crippen LogP contribution is -2.36. The quantitative estimate of drug-likeness (QED) is 0.593. The molecule has 26 heavy (non-hydrogen) atoms. The molecule has 4 aromatic rings. The van der Waals surface area contributed by atoms with Crippen LogP contribution in [0.15, 0.2) is 54.7 Å². The molecular weight excluding hydrogens is 326 g/mol. The summed E-state index contributed by atoms with van der Waals surface area (Å²) in [6.07, 6.45) is 1.85. The number of rotatable bonds is 3. The van der Waals surface area contributed by atoms with Gasteiger partial charge in [0.1, 0.15) is 5.52 Å². The molecule has 1 saturated heterocycles. The van der Waals surface area contributed by atoms with Gasteiger partial charge in [0.05, 0.1) is 24.9 Å². The smallest absolute Gasteiger partial charge is 0.157 e. The van der Waals surface area contributed by atoms with Crippen molar-refractivity contribution in [1.29, 1.82) is 0 Å². The average Bonchev–Trinajstić information content (AvgIpc) is 3.20. The van der Waals surface area contributed by atoms with Gasteiger partial charge >= 0.3 is 0 Å². The summed E-state index contributed by atoms with van der Waals surface area (Å²) in [4.78, 5) is 7.12. The number of nitrogens with zero attached hydrogens (tertiary/aromatic N) is 3. The van der Waals surface area contributed by atoms with Crippen molar-refractivity contribution in [2.24, 2.45) is 0 Å². The zero-order chi connectivity index (χ0) is 17.3. The van der Waals surface area contributed by atoms with Crippen molar-refractivity contribution in [3.05, 3.63) is 54.7 Å². The summed E-state index contributed by atoms with van der Waals surface area (Å²) in [6.45, 7) is 3.46. The van der Waals surface area contributed by atoms with E-state index < -0.39 is 0 Å². The van der Waals surface area contributed by atoms with Gasteiger partial charge in [0, 0.05) is 35.2 Å². The Hall–Kier alpha value is -3.12. The van der Waals surface area contributed by atoms with Gasteiger partial charge < -0.3 is 15.0 Å². The number of ether oxygens (including phenoxy) is 1. The molecule has 5 rings (SSSR count). The van der Waals surface area contributed by atoms with E-state index in [1.165, 1.54) is 5.69 Å². The molecular formula is C20H19N5O. The van der Waals surface area contributed by atoms with Crippen LogP contribution in [0.3, 0.4) is 0 Å². The van der Waals surface area contributed by atoms with Crippen molar-refractivity contribution in [2.45, 2.75) is 0 Å². The van der Waals surface area contributed by atoms with Gasteiger partial charge in [0.2, 0.25) is 0 Å². The topological polar surface area (TPSA) is 66.1 Å². The van der Waals surface area contributed by atoms with Crippen LogP contribution >= 0.6 is 0 Å². The average molecular weight is 345 g/mol. The molecule has 6 nitrogen and oxygen atoms in total. The van der Waals surface area contributed by atoms with Crippen LogP contribution in [0.5, 0.6) is 0 Å². The minimum Gasteiger partial charge on any atom is -0.378 e. The summed E-state index contributed by atoms with van der Waals surface area (Å²) in [6, 6.07) is 16.6. The predicted octanol–water partition coefficient (Wildman–Crippen LogP) is 3.69. The zero-order valence-corrected chi connectivity index (χ0v) is 14.3. The number of benzene rings is 2. The fourth-order valence-corrected chi connectivity index (χ4v) is 3.45. The first-order valence-electron chi connectivity index (χ1n) is 8.80. The Bertz CT molecular complexity index is 1050. The maximum atomic E-state index is 5.42. The van der Waals surface area contributed by atoms with Crippen LogP contribution in [0.1, 0.15) is 0 Å². The summed E-state index contributed by atoms with van der Waals surface area (Å²) in [5, 5.41) is 12.9. The third-order valence-corrected chi connectivity index (χ3v) is 4.81. The molecule has 130 valence electrons. The first kappa shape index (κ1) is 15.2. The van der Waals surface area contributed by atoms with E-state index in [1.54, 1.807) is 0 Å². The first-order valence-corrected chi connectivity index (χ1v) is 8.80. The van der Waals surface area contributed by atoms with Crippen molar-refractivity contribution < 1.29 is 4.74 Å². The number of hydrogen-bond acceptors (Lipinski definition) is 5.